The molecule has 0 bridgehead atoms. The van der Waals surface area contributed by atoms with Gasteiger partial charge in [0.05, 0.1) is 0 Å². The van der Waals surface area contributed by atoms with Crippen LogP contribution < -0.4 is 12.3 Å². The van der Waals surface area contributed by atoms with Crippen LogP contribution in [0.4, 0.5) is 0 Å². The monoisotopic (exact) mass is 191 g/mol. The van der Waals surface area contributed by atoms with E-state index in [4.69, 9.17) is 17.5 Å². The van der Waals surface area contributed by atoms with Crippen molar-refractivity contribution in [2.24, 2.45) is 0 Å². The fraction of sp³-hybridized carbons (Fsp3) is 0. The van der Waals surface area contributed by atoms with Crippen molar-refractivity contribution in [3.63, 3.8) is 0 Å². The van der Waals surface area contributed by atoms with Crippen molar-refractivity contribution < 1.29 is 34.3 Å². The second-order valence-electron chi connectivity index (χ2n) is 0.408. The molecule has 0 amide bonds. The first-order valence-electron chi connectivity index (χ1n) is 0.667. The molecule has 0 aliphatic heterocycles. The molecule has 0 heterocycles. The molecule has 8 heavy (non-hydrogen) atoms. The molecule has 0 aromatic carbocycles. The van der Waals surface area contributed by atoms with E-state index in [1.165, 1.54) is 0 Å². The molecule has 0 aromatic heterocycles. The van der Waals surface area contributed by atoms with E-state index in [1.54, 1.807) is 0 Å². The summed E-state index contributed by atoms with van der Waals surface area (Å²) in [6, 6.07) is 0. The van der Waals surface area contributed by atoms with Crippen LogP contribution in [0.25, 0.3) is 0 Å². The van der Waals surface area contributed by atoms with Gasteiger partial charge in [0.25, 0.3) is 0 Å². The van der Waals surface area contributed by atoms with Gasteiger partial charge in [-0.3, -0.25) is 8.42 Å². The summed E-state index contributed by atoms with van der Waals surface area (Å²) in [5.74, 6) is 0. The number of hydrogen-bond acceptors (Lipinski definition) is 4. The fourth-order valence-corrected chi connectivity index (χ4v) is 0. The summed E-state index contributed by atoms with van der Waals surface area (Å²) in [6.07, 6.45) is 0. The quantitative estimate of drug-likeness (QED) is 0.387. The summed E-state index contributed by atoms with van der Waals surface area (Å²) in [5, 5.41) is 0. The van der Waals surface area contributed by atoms with Gasteiger partial charge in [-0.05, 0) is 0 Å². The van der Waals surface area contributed by atoms with Gasteiger partial charge in [0.1, 0.15) is 0 Å². The Hall–Kier alpha value is 0.296. The summed E-state index contributed by atoms with van der Waals surface area (Å²) < 4.78 is 34.1. The molecule has 1 radical (unpaired) electrons. The molecule has 8 heteroatoms. The smallest absolute Gasteiger partial charge is 0.759 e. The van der Waals surface area contributed by atoms with Gasteiger partial charge in [-0.15, -0.1) is 0 Å². The number of quaternary nitrogens is 2. The van der Waals surface area contributed by atoms with Crippen LogP contribution in [-0.4, -0.2) is 17.5 Å². The van der Waals surface area contributed by atoms with Crippen LogP contribution in [0.5, 0.6) is 0 Å². The van der Waals surface area contributed by atoms with Crippen molar-refractivity contribution in [3.8, 4) is 0 Å². The van der Waals surface area contributed by atoms with Gasteiger partial charge in [0.15, 0.2) is 0 Å². The Morgan fingerprint density at radius 3 is 1.00 bits per heavy atom. The molecule has 0 spiro atoms. The Morgan fingerprint density at radius 2 is 1.00 bits per heavy atom. The van der Waals surface area contributed by atoms with Crippen LogP contribution in [-0.2, 0) is 27.2 Å². The predicted octanol–water partition coefficient (Wildman–Crippen LogP) is -0.588. The molecular formula is H8CoN2O4S+2. The van der Waals surface area contributed by atoms with E-state index in [-0.39, 0.29) is 29.1 Å². The Bertz CT molecular complexity index is 97.2. The Balaban J connectivity index is -0.0000000267. The first kappa shape index (κ1) is 23.9. The molecule has 0 aliphatic carbocycles. The van der Waals surface area contributed by atoms with E-state index in [0.29, 0.717) is 0 Å². The number of rotatable bonds is 0. The van der Waals surface area contributed by atoms with E-state index in [1.807, 2.05) is 0 Å². The SMILES string of the molecule is O=S(=O)([O-])[O-].[Co+2].[NH4+].[NH4+]. The molecule has 8 N–H and O–H groups in total. The first-order valence-corrected chi connectivity index (χ1v) is 2.00. The van der Waals surface area contributed by atoms with Crippen LogP contribution in [0.3, 0.4) is 0 Å². The molecular weight excluding hydrogens is 183 g/mol. The second-order valence-corrected chi connectivity index (χ2v) is 1.22. The molecule has 0 aliphatic rings. The third-order valence-electron chi connectivity index (χ3n) is 0. The van der Waals surface area contributed by atoms with Gasteiger partial charge < -0.3 is 21.4 Å². The van der Waals surface area contributed by atoms with E-state index in [9.17, 15) is 0 Å². The fourth-order valence-electron chi connectivity index (χ4n) is 0. The Labute approximate surface area is 57.6 Å². The maximum atomic E-state index is 8.52. The zero-order valence-electron chi connectivity index (χ0n) is 4.37. The van der Waals surface area contributed by atoms with Crippen molar-refractivity contribution in [2.45, 2.75) is 0 Å². The maximum Gasteiger partial charge on any atom is 2.00 e. The average molecular weight is 191 g/mol. The van der Waals surface area contributed by atoms with Gasteiger partial charge in [-0.2, -0.15) is 0 Å². The molecule has 55 valence electrons. The van der Waals surface area contributed by atoms with Crippen molar-refractivity contribution in [3.05, 3.63) is 0 Å². The molecule has 0 saturated carbocycles. The summed E-state index contributed by atoms with van der Waals surface area (Å²) in [5.41, 5.74) is 0. The topological polar surface area (TPSA) is 153 Å². The molecule has 0 fully saturated rings. The van der Waals surface area contributed by atoms with Crippen LogP contribution in [0.15, 0.2) is 0 Å². The summed E-state index contributed by atoms with van der Waals surface area (Å²) in [4.78, 5) is 0. The summed E-state index contributed by atoms with van der Waals surface area (Å²) in [7, 11) is -5.17. The van der Waals surface area contributed by atoms with Gasteiger partial charge >= 0.3 is 16.8 Å². The van der Waals surface area contributed by atoms with Crippen LogP contribution >= 0.6 is 0 Å². The molecule has 6 nitrogen and oxygen atoms in total. The molecule has 0 saturated heterocycles. The first-order chi connectivity index (χ1) is 2.00. The van der Waals surface area contributed by atoms with E-state index >= 15 is 0 Å². The minimum Gasteiger partial charge on any atom is -0.759 e. The van der Waals surface area contributed by atoms with Crippen molar-refractivity contribution >= 4 is 10.4 Å². The Morgan fingerprint density at radius 1 is 1.00 bits per heavy atom. The molecule has 0 atom stereocenters. The van der Waals surface area contributed by atoms with Gasteiger partial charge in [-0.25, -0.2) is 0 Å². The summed E-state index contributed by atoms with van der Waals surface area (Å²) >= 11 is 0. The van der Waals surface area contributed by atoms with Crippen molar-refractivity contribution in [2.75, 3.05) is 0 Å². The van der Waals surface area contributed by atoms with E-state index in [2.05, 4.69) is 0 Å². The van der Waals surface area contributed by atoms with E-state index in [0.717, 1.165) is 0 Å². The largest absolute Gasteiger partial charge is 2.00 e. The molecule has 0 unspecified atom stereocenters. The van der Waals surface area contributed by atoms with Crippen molar-refractivity contribution in [1.82, 2.24) is 12.3 Å². The maximum absolute atomic E-state index is 8.52. The zero-order valence-corrected chi connectivity index (χ0v) is 6.23. The third-order valence-corrected chi connectivity index (χ3v) is 0. The predicted molar refractivity (Wildman–Crippen MR) is 22.4 cm³/mol. The minimum atomic E-state index is -5.17. The zero-order chi connectivity index (χ0) is 4.50. The molecule has 0 rings (SSSR count). The standard InChI is InChI=1S/Co.2H3N.H2O4S/c;;;1-5(2,3)4/h;2*1H3;(H2,1,2,3,4)/q+2;;;. The molecule has 0 aromatic rings. The second kappa shape index (κ2) is 7.30. The van der Waals surface area contributed by atoms with Crippen LogP contribution in [0.2, 0.25) is 0 Å². The normalized spacial score (nSPS) is 7.25. The van der Waals surface area contributed by atoms with Gasteiger partial charge in [-0.1, -0.05) is 0 Å². The Kier molecular flexibility index (Phi) is 21.8. The van der Waals surface area contributed by atoms with Crippen LogP contribution in [0.1, 0.15) is 0 Å². The van der Waals surface area contributed by atoms with Crippen molar-refractivity contribution in [1.29, 1.82) is 0 Å². The van der Waals surface area contributed by atoms with Gasteiger partial charge in [0.2, 0.25) is 0 Å². The average Bonchev–Trinajstić information content (AvgIpc) is 0.722. The van der Waals surface area contributed by atoms with Crippen LogP contribution in [0, 0.1) is 0 Å². The van der Waals surface area contributed by atoms with E-state index < -0.39 is 10.4 Å². The van der Waals surface area contributed by atoms with Gasteiger partial charge in [0, 0.05) is 10.4 Å². The third kappa shape index (κ3) is 2010. The minimum absolute atomic E-state index is 0. The summed E-state index contributed by atoms with van der Waals surface area (Å²) in [6.45, 7) is 0. The number of hydrogen-bond donors (Lipinski definition) is 2.